The van der Waals surface area contributed by atoms with Crippen LogP contribution in [0.15, 0.2) is 18.2 Å². The molecule has 1 unspecified atom stereocenters. The largest absolute Gasteiger partial charge is 0.497 e. The summed E-state index contributed by atoms with van der Waals surface area (Å²) in [5.41, 5.74) is 3.78. The topological polar surface area (TPSA) is 65.7 Å². The van der Waals surface area contributed by atoms with E-state index < -0.39 is 0 Å². The van der Waals surface area contributed by atoms with E-state index in [1.54, 1.807) is 21.3 Å². The average molecular weight is 240 g/mol. The van der Waals surface area contributed by atoms with Gasteiger partial charge in [0.2, 0.25) is 0 Å². The first kappa shape index (κ1) is 13.8. The molecule has 0 bridgehead atoms. The molecule has 0 saturated heterocycles. The van der Waals surface area contributed by atoms with Crippen LogP contribution in [0.4, 0.5) is 0 Å². The highest BCUT2D eigenvalue weighted by molar-refractivity contribution is 5.39. The van der Waals surface area contributed by atoms with Crippen LogP contribution in [0, 0.1) is 0 Å². The summed E-state index contributed by atoms with van der Waals surface area (Å²) in [6.07, 6.45) is 0.781. The van der Waals surface area contributed by atoms with Crippen molar-refractivity contribution in [3.05, 3.63) is 23.8 Å². The third-order valence-corrected chi connectivity index (χ3v) is 2.59. The smallest absolute Gasteiger partial charge is 0.122 e. The van der Waals surface area contributed by atoms with E-state index in [1.807, 2.05) is 18.2 Å². The number of hydrogen-bond acceptors (Lipinski definition) is 5. The highest BCUT2D eigenvalue weighted by Crippen LogP contribution is 2.27. The first-order valence-corrected chi connectivity index (χ1v) is 5.43. The fourth-order valence-electron chi connectivity index (χ4n) is 1.61. The Morgan fingerprint density at radius 1 is 1.12 bits per heavy atom. The Morgan fingerprint density at radius 3 is 2.12 bits per heavy atom. The number of rotatable bonds is 7. The number of ether oxygens (including phenoxy) is 3. The highest BCUT2D eigenvalue weighted by atomic mass is 16.5. The van der Waals surface area contributed by atoms with Crippen molar-refractivity contribution in [2.24, 2.45) is 5.84 Å². The fraction of sp³-hybridized carbons (Fsp3) is 0.500. The molecule has 0 heterocycles. The minimum atomic E-state index is 0.0129. The molecule has 1 aromatic carbocycles. The van der Waals surface area contributed by atoms with Crippen molar-refractivity contribution in [1.29, 1.82) is 0 Å². The van der Waals surface area contributed by atoms with Crippen molar-refractivity contribution in [1.82, 2.24) is 5.43 Å². The van der Waals surface area contributed by atoms with Crippen LogP contribution in [0.2, 0.25) is 0 Å². The molecule has 0 aromatic heterocycles. The minimum absolute atomic E-state index is 0.0129. The van der Waals surface area contributed by atoms with Crippen LogP contribution in [-0.4, -0.2) is 27.9 Å². The molecule has 0 amide bonds. The van der Waals surface area contributed by atoms with Gasteiger partial charge in [-0.25, -0.2) is 0 Å². The molecule has 1 rings (SSSR count). The molecule has 1 atom stereocenters. The number of hydrogen-bond donors (Lipinski definition) is 2. The van der Waals surface area contributed by atoms with Crippen molar-refractivity contribution in [3.8, 4) is 11.5 Å². The molecule has 5 heteroatoms. The molecule has 0 radical (unpaired) electrons. The quantitative estimate of drug-likeness (QED) is 0.554. The van der Waals surface area contributed by atoms with E-state index in [2.05, 4.69) is 5.43 Å². The van der Waals surface area contributed by atoms with E-state index in [0.717, 1.165) is 23.5 Å². The number of nitrogens with one attached hydrogen (secondary N) is 1. The van der Waals surface area contributed by atoms with Crippen molar-refractivity contribution in [2.45, 2.75) is 12.5 Å². The van der Waals surface area contributed by atoms with E-state index in [1.165, 1.54) is 0 Å². The Morgan fingerprint density at radius 2 is 1.71 bits per heavy atom. The summed E-state index contributed by atoms with van der Waals surface area (Å²) >= 11 is 0. The normalized spacial score (nSPS) is 12.2. The van der Waals surface area contributed by atoms with Gasteiger partial charge in [0.1, 0.15) is 11.5 Å². The molecule has 0 aliphatic rings. The van der Waals surface area contributed by atoms with E-state index >= 15 is 0 Å². The first-order chi connectivity index (χ1) is 8.24. The number of hydrazine groups is 1. The molecule has 0 saturated carbocycles. The van der Waals surface area contributed by atoms with E-state index in [-0.39, 0.29) is 6.04 Å². The summed E-state index contributed by atoms with van der Waals surface area (Å²) < 4.78 is 15.5. The minimum Gasteiger partial charge on any atom is -0.497 e. The van der Waals surface area contributed by atoms with Gasteiger partial charge in [0.05, 0.1) is 14.2 Å². The molecule has 1 aromatic rings. The molecular formula is C12H20N2O3. The molecule has 5 nitrogen and oxygen atoms in total. The molecule has 0 aliphatic heterocycles. The Kier molecular flexibility index (Phi) is 5.76. The zero-order valence-electron chi connectivity index (χ0n) is 10.5. The third-order valence-electron chi connectivity index (χ3n) is 2.59. The van der Waals surface area contributed by atoms with E-state index in [9.17, 15) is 0 Å². The SMILES string of the molecule is COCCC(NN)c1cc(OC)cc(OC)c1. The number of methoxy groups -OCH3 is 3. The van der Waals surface area contributed by atoms with Gasteiger partial charge in [0.15, 0.2) is 0 Å². The van der Waals surface area contributed by atoms with Crippen LogP contribution in [0.1, 0.15) is 18.0 Å². The standard InChI is InChI=1S/C12H20N2O3/c1-15-5-4-12(14-13)9-6-10(16-2)8-11(7-9)17-3/h6-8,12,14H,4-5,13H2,1-3H3. The van der Waals surface area contributed by atoms with Gasteiger partial charge >= 0.3 is 0 Å². The van der Waals surface area contributed by atoms with Crippen LogP contribution < -0.4 is 20.7 Å². The summed E-state index contributed by atoms with van der Waals surface area (Å²) in [5.74, 6) is 7.04. The molecule has 17 heavy (non-hydrogen) atoms. The summed E-state index contributed by atoms with van der Waals surface area (Å²) in [6, 6.07) is 5.71. The fourth-order valence-corrected chi connectivity index (χ4v) is 1.61. The maximum absolute atomic E-state index is 5.54. The highest BCUT2D eigenvalue weighted by Gasteiger charge is 2.12. The molecular weight excluding hydrogens is 220 g/mol. The van der Waals surface area contributed by atoms with Gasteiger partial charge < -0.3 is 14.2 Å². The van der Waals surface area contributed by atoms with Crippen LogP contribution >= 0.6 is 0 Å². The van der Waals surface area contributed by atoms with Gasteiger partial charge in [-0.1, -0.05) is 0 Å². The zero-order chi connectivity index (χ0) is 12.7. The summed E-state index contributed by atoms with van der Waals surface area (Å²) in [5, 5.41) is 0. The summed E-state index contributed by atoms with van der Waals surface area (Å²) in [7, 11) is 4.91. The van der Waals surface area contributed by atoms with E-state index in [0.29, 0.717) is 6.61 Å². The van der Waals surface area contributed by atoms with Crippen molar-refractivity contribution >= 4 is 0 Å². The zero-order valence-corrected chi connectivity index (χ0v) is 10.5. The van der Waals surface area contributed by atoms with Gasteiger partial charge in [-0.05, 0) is 24.1 Å². The third kappa shape index (κ3) is 3.89. The second-order valence-corrected chi connectivity index (χ2v) is 3.65. The molecule has 0 spiro atoms. The number of benzene rings is 1. The Bertz CT molecular complexity index is 322. The van der Waals surface area contributed by atoms with Crippen LogP contribution in [-0.2, 0) is 4.74 Å². The summed E-state index contributed by atoms with van der Waals surface area (Å²) in [6.45, 7) is 0.633. The Hall–Kier alpha value is -1.30. The molecule has 0 fully saturated rings. The Labute approximate surface area is 102 Å². The Balaban J connectivity index is 2.92. The maximum atomic E-state index is 5.54. The monoisotopic (exact) mass is 240 g/mol. The second kappa shape index (κ2) is 7.11. The molecule has 0 aliphatic carbocycles. The molecule has 96 valence electrons. The molecule has 3 N–H and O–H groups in total. The van der Waals surface area contributed by atoms with Gasteiger partial charge in [-0.15, -0.1) is 0 Å². The lowest BCUT2D eigenvalue weighted by molar-refractivity contribution is 0.183. The predicted octanol–water partition coefficient (Wildman–Crippen LogP) is 1.24. The van der Waals surface area contributed by atoms with Crippen molar-refractivity contribution in [2.75, 3.05) is 27.9 Å². The van der Waals surface area contributed by atoms with Crippen LogP contribution in [0.5, 0.6) is 11.5 Å². The van der Waals surface area contributed by atoms with Gasteiger partial charge in [-0.2, -0.15) is 0 Å². The lowest BCUT2D eigenvalue weighted by Crippen LogP contribution is -2.28. The van der Waals surface area contributed by atoms with Crippen molar-refractivity contribution in [3.63, 3.8) is 0 Å². The number of nitrogens with two attached hydrogens (primary N) is 1. The van der Waals surface area contributed by atoms with E-state index in [4.69, 9.17) is 20.1 Å². The van der Waals surface area contributed by atoms with Crippen molar-refractivity contribution < 1.29 is 14.2 Å². The average Bonchev–Trinajstić information content (AvgIpc) is 2.39. The van der Waals surface area contributed by atoms with Gasteiger partial charge in [0, 0.05) is 25.8 Å². The van der Waals surface area contributed by atoms with Gasteiger partial charge in [-0.3, -0.25) is 11.3 Å². The van der Waals surface area contributed by atoms with Crippen LogP contribution in [0.3, 0.4) is 0 Å². The second-order valence-electron chi connectivity index (χ2n) is 3.65. The van der Waals surface area contributed by atoms with Gasteiger partial charge in [0.25, 0.3) is 0 Å². The lowest BCUT2D eigenvalue weighted by Gasteiger charge is -2.17. The summed E-state index contributed by atoms with van der Waals surface area (Å²) in [4.78, 5) is 0. The van der Waals surface area contributed by atoms with Crippen LogP contribution in [0.25, 0.3) is 0 Å². The maximum Gasteiger partial charge on any atom is 0.122 e. The lowest BCUT2D eigenvalue weighted by atomic mass is 10.0. The first-order valence-electron chi connectivity index (χ1n) is 5.43. The predicted molar refractivity (Wildman–Crippen MR) is 66.1 cm³/mol.